The highest BCUT2D eigenvalue weighted by Gasteiger charge is 2.31. The van der Waals surface area contributed by atoms with Crippen LogP contribution < -0.4 is 5.32 Å². The van der Waals surface area contributed by atoms with E-state index in [-0.39, 0.29) is 5.91 Å². The summed E-state index contributed by atoms with van der Waals surface area (Å²) >= 11 is 3.33. The highest BCUT2D eigenvalue weighted by molar-refractivity contribution is 9.10. The van der Waals surface area contributed by atoms with E-state index in [0.717, 1.165) is 10.0 Å². The van der Waals surface area contributed by atoms with Gasteiger partial charge in [0.15, 0.2) is 0 Å². The van der Waals surface area contributed by atoms with Crippen LogP contribution in [0.3, 0.4) is 0 Å². The van der Waals surface area contributed by atoms with Crippen molar-refractivity contribution < 1.29 is 4.79 Å². The van der Waals surface area contributed by atoms with E-state index >= 15 is 0 Å². The second-order valence-corrected chi connectivity index (χ2v) is 4.92. The van der Waals surface area contributed by atoms with Crippen molar-refractivity contribution in [1.82, 2.24) is 4.98 Å². The van der Waals surface area contributed by atoms with Crippen molar-refractivity contribution in [3.05, 3.63) is 22.3 Å². The van der Waals surface area contributed by atoms with Gasteiger partial charge in [0.25, 0.3) is 0 Å². The minimum absolute atomic E-state index is 0.322. The molecule has 4 nitrogen and oxygen atoms in total. The Morgan fingerprint density at radius 2 is 2.35 bits per heavy atom. The summed E-state index contributed by atoms with van der Waals surface area (Å²) < 4.78 is 0.883. The summed E-state index contributed by atoms with van der Waals surface area (Å²) in [6.07, 6.45) is 2.09. The molecule has 1 rings (SSSR count). The number of anilines is 1. The van der Waals surface area contributed by atoms with Crippen LogP contribution >= 0.6 is 15.9 Å². The number of nitriles is 1. The minimum atomic E-state index is -1.01. The van der Waals surface area contributed by atoms with Gasteiger partial charge in [0.2, 0.25) is 5.91 Å². The summed E-state index contributed by atoms with van der Waals surface area (Å²) in [5.41, 5.74) is -0.0340. The van der Waals surface area contributed by atoms with Crippen molar-refractivity contribution in [3.63, 3.8) is 0 Å². The third-order valence-electron chi connectivity index (χ3n) is 2.74. The van der Waals surface area contributed by atoms with Gasteiger partial charge in [-0.25, -0.2) is 4.98 Å². The zero-order chi connectivity index (χ0) is 13.1. The van der Waals surface area contributed by atoms with Gasteiger partial charge in [-0.15, -0.1) is 0 Å². The molecule has 1 N–H and O–H groups in total. The van der Waals surface area contributed by atoms with Gasteiger partial charge in [-0.3, -0.25) is 4.79 Å². The summed E-state index contributed by atoms with van der Waals surface area (Å²) in [5.74, 6) is 0.141. The first-order chi connectivity index (χ1) is 7.92. The van der Waals surface area contributed by atoms with Crippen molar-refractivity contribution in [2.24, 2.45) is 5.41 Å². The summed E-state index contributed by atoms with van der Waals surface area (Å²) in [4.78, 5) is 16.0. The van der Waals surface area contributed by atoms with E-state index < -0.39 is 5.41 Å². The molecular weight excluding hydrogens is 282 g/mol. The lowest BCUT2D eigenvalue weighted by molar-refractivity contribution is -0.122. The maximum atomic E-state index is 11.9. The third kappa shape index (κ3) is 3.04. The average molecular weight is 296 g/mol. The Morgan fingerprint density at radius 3 is 2.82 bits per heavy atom. The van der Waals surface area contributed by atoms with Crippen LogP contribution in [0.1, 0.15) is 25.8 Å². The van der Waals surface area contributed by atoms with Crippen molar-refractivity contribution >= 4 is 27.7 Å². The first-order valence-corrected chi connectivity index (χ1v) is 6.07. The zero-order valence-corrected chi connectivity index (χ0v) is 11.6. The molecule has 1 heterocycles. The molecule has 1 amide bonds. The molecule has 1 aromatic heterocycles. The molecule has 1 aromatic rings. The predicted octanol–water partition coefficient (Wildman–Crippen LogP) is 3.03. The molecule has 0 saturated carbocycles. The summed E-state index contributed by atoms with van der Waals surface area (Å²) in [7, 11) is 0. The Hall–Kier alpha value is -1.41. The number of carbonyl (C=O) groups is 1. The minimum Gasteiger partial charge on any atom is -0.309 e. The smallest absolute Gasteiger partial charge is 0.245 e. The number of halogens is 1. The topological polar surface area (TPSA) is 65.8 Å². The maximum Gasteiger partial charge on any atom is 0.245 e. The van der Waals surface area contributed by atoms with Gasteiger partial charge in [-0.1, -0.05) is 6.92 Å². The Morgan fingerprint density at radius 1 is 1.71 bits per heavy atom. The molecule has 5 heteroatoms. The summed E-state index contributed by atoms with van der Waals surface area (Å²) in [6, 6.07) is 3.78. The van der Waals surface area contributed by atoms with Gasteiger partial charge in [0.05, 0.1) is 6.07 Å². The van der Waals surface area contributed by atoms with Gasteiger partial charge in [0.1, 0.15) is 11.2 Å². The highest BCUT2D eigenvalue weighted by Crippen LogP contribution is 2.23. The van der Waals surface area contributed by atoms with E-state index in [1.807, 2.05) is 19.9 Å². The SMILES string of the molecule is CCC(C)(C#N)C(=O)Nc1cc(C)c(Br)cn1. The molecule has 0 bridgehead atoms. The van der Waals surface area contributed by atoms with Crippen LogP contribution in [0.15, 0.2) is 16.7 Å². The molecule has 0 fully saturated rings. The number of aryl methyl sites for hydroxylation is 1. The first kappa shape index (κ1) is 13.7. The monoisotopic (exact) mass is 295 g/mol. The number of pyridine rings is 1. The molecule has 0 aliphatic heterocycles. The van der Waals surface area contributed by atoms with Gasteiger partial charge in [-0.05, 0) is 47.8 Å². The zero-order valence-electron chi connectivity index (χ0n) is 10.0. The summed E-state index contributed by atoms with van der Waals surface area (Å²) in [5, 5.41) is 11.7. The highest BCUT2D eigenvalue weighted by atomic mass is 79.9. The van der Waals surface area contributed by atoms with Crippen molar-refractivity contribution in [2.75, 3.05) is 5.32 Å². The van der Waals surface area contributed by atoms with E-state index in [2.05, 4.69) is 26.2 Å². The van der Waals surface area contributed by atoms with Crippen LogP contribution in [0.4, 0.5) is 5.82 Å². The van der Waals surface area contributed by atoms with Crippen LogP contribution in [0.25, 0.3) is 0 Å². The second kappa shape index (κ2) is 5.28. The summed E-state index contributed by atoms with van der Waals surface area (Å²) in [6.45, 7) is 5.34. The Kier molecular flexibility index (Phi) is 4.24. The number of nitrogens with zero attached hydrogens (tertiary/aromatic N) is 2. The van der Waals surface area contributed by atoms with E-state index in [9.17, 15) is 4.79 Å². The van der Waals surface area contributed by atoms with E-state index in [1.54, 1.807) is 19.2 Å². The van der Waals surface area contributed by atoms with Crippen LogP contribution in [0.5, 0.6) is 0 Å². The number of amides is 1. The Balaban J connectivity index is 2.89. The normalized spacial score (nSPS) is 13.6. The Labute approximate surface area is 109 Å². The molecule has 0 aliphatic rings. The molecule has 0 aromatic carbocycles. The molecule has 1 atom stereocenters. The molecule has 1 unspecified atom stereocenters. The molecule has 17 heavy (non-hydrogen) atoms. The molecule has 0 radical (unpaired) electrons. The van der Waals surface area contributed by atoms with Crippen LogP contribution in [0, 0.1) is 23.7 Å². The van der Waals surface area contributed by atoms with Gasteiger partial charge < -0.3 is 5.32 Å². The number of hydrogen-bond donors (Lipinski definition) is 1. The maximum absolute atomic E-state index is 11.9. The van der Waals surface area contributed by atoms with E-state index in [4.69, 9.17) is 5.26 Å². The first-order valence-electron chi connectivity index (χ1n) is 5.28. The number of aromatic nitrogens is 1. The standard InChI is InChI=1S/C12H14BrN3O/c1-4-12(3,7-14)11(17)16-10-5-8(2)9(13)6-15-10/h5-6H,4H2,1-3H3,(H,15,16,17). The van der Waals surface area contributed by atoms with E-state index in [0.29, 0.717) is 12.2 Å². The number of hydrogen-bond acceptors (Lipinski definition) is 3. The van der Waals surface area contributed by atoms with Crippen molar-refractivity contribution in [1.29, 1.82) is 5.26 Å². The predicted molar refractivity (Wildman–Crippen MR) is 69.3 cm³/mol. The lowest BCUT2D eigenvalue weighted by Gasteiger charge is -2.18. The second-order valence-electron chi connectivity index (χ2n) is 4.07. The fraction of sp³-hybridized carbons (Fsp3) is 0.417. The fourth-order valence-electron chi connectivity index (χ4n) is 1.15. The molecular formula is C12H14BrN3O. The van der Waals surface area contributed by atoms with E-state index in [1.165, 1.54) is 0 Å². The lowest BCUT2D eigenvalue weighted by Crippen LogP contribution is -2.31. The molecule has 0 aliphatic carbocycles. The number of rotatable bonds is 3. The molecule has 0 saturated heterocycles. The quantitative estimate of drug-likeness (QED) is 0.932. The van der Waals surface area contributed by atoms with Crippen molar-refractivity contribution in [2.45, 2.75) is 27.2 Å². The fourth-order valence-corrected chi connectivity index (χ4v) is 1.37. The number of nitrogens with one attached hydrogen (secondary N) is 1. The van der Waals surface area contributed by atoms with Gasteiger partial charge in [0, 0.05) is 10.7 Å². The molecule has 90 valence electrons. The van der Waals surface area contributed by atoms with Gasteiger partial charge >= 0.3 is 0 Å². The van der Waals surface area contributed by atoms with Crippen LogP contribution in [-0.4, -0.2) is 10.9 Å². The average Bonchev–Trinajstić information content (AvgIpc) is 2.32. The number of carbonyl (C=O) groups excluding carboxylic acids is 1. The van der Waals surface area contributed by atoms with Crippen LogP contribution in [-0.2, 0) is 4.79 Å². The third-order valence-corrected chi connectivity index (χ3v) is 3.57. The van der Waals surface area contributed by atoms with Crippen LogP contribution in [0.2, 0.25) is 0 Å². The largest absolute Gasteiger partial charge is 0.309 e. The van der Waals surface area contributed by atoms with Crippen molar-refractivity contribution in [3.8, 4) is 6.07 Å². The molecule has 0 spiro atoms. The van der Waals surface area contributed by atoms with Gasteiger partial charge in [-0.2, -0.15) is 5.26 Å². The Bertz CT molecular complexity index is 481. The lowest BCUT2D eigenvalue weighted by atomic mass is 9.88.